The molecule has 0 spiro atoms. The van der Waals surface area contributed by atoms with Crippen LogP contribution in [0.5, 0.6) is 0 Å². The second-order valence-corrected chi connectivity index (χ2v) is 6.49. The highest BCUT2D eigenvalue weighted by Gasteiger charge is 2.21. The Labute approximate surface area is 126 Å². The van der Waals surface area contributed by atoms with Crippen molar-refractivity contribution < 1.29 is 0 Å². The summed E-state index contributed by atoms with van der Waals surface area (Å²) in [7, 11) is 0. The molecule has 0 amide bonds. The summed E-state index contributed by atoms with van der Waals surface area (Å²) >= 11 is 0. The van der Waals surface area contributed by atoms with E-state index in [9.17, 15) is 0 Å². The number of rotatable bonds is 5. The van der Waals surface area contributed by atoms with Crippen LogP contribution in [0.1, 0.15) is 47.5 Å². The van der Waals surface area contributed by atoms with Crippen LogP contribution in [-0.4, -0.2) is 15.6 Å². The summed E-state index contributed by atoms with van der Waals surface area (Å²) in [6.45, 7) is 3.99. The lowest BCUT2D eigenvalue weighted by atomic mass is 10.1. The van der Waals surface area contributed by atoms with E-state index in [-0.39, 0.29) is 0 Å². The molecule has 1 aromatic carbocycles. The molecule has 1 N–H and O–H groups in total. The van der Waals surface area contributed by atoms with E-state index in [1.54, 1.807) is 11.1 Å². The third-order valence-corrected chi connectivity index (χ3v) is 4.79. The Morgan fingerprint density at radius 1 is 1.24 bits per heavy atom. The number of benzene rings is 1. The molecule has 2 aromatic rings. The molecule has 3 heteroatoms. The molecule has 4 rings (SSSR count). The molecule has 0 atom stereocenters. The highest BCUT2D eigenvalue weighted by atomic mass is 15.1. The average molecular weight is 281 g/mol. The predicted molar refractivity (Wildman–Crippen MR) is 84.4 cm³/mol. The fraction of sp³-hybridized carbons (Fsp3) is 0.500. The van der Waals surface area contributed by atoms with E-state index in [2.05, 4.69) is 40.0 Å². The summed E-state index contributed by atoms with van der Waals surface area (Å²) in [4.78, 5) is 4.51. The Morgan fingerprint density at radius 3 is 2.95 bits per heavy atom. The minimum absolute atomic E-state index is 0.744. The number of fused-ring (bicyclic) bond motifs is 1. The third kappa shape index (κ3) is 2.75. The minimum Gasteiger partial charge on any atom is -0.327 e. The van der Waals surface area contributed by atoms with Crippen molar-refractivity contribution in [2.24, 2.45) is 0 Å². The van der Waals surface area contributed by atoms with Gasteiger partial charge in [-0.2, -0.15) is 0 Å². The Balaban J connectivity index is 1.54. The first-order valence-corrected chi connectivity index (χ1v) is 8.14. The molecule has 21 heavy (non-hydrogen) atoms. The zero-order valence-corrected chi connectivity index (χ0v) is 12.7. The van der Waals surface area contributed by atoms with Gasteiger partial charge in [0.2, 0.25) is 0 Å². The van der Waals surface area contributed by atoms with E-state index in [0.717, 1.165) is 25.0 Å². The first-order valence-electron chi connectivity index (χ1n) is 8.14. The maximum atomic E-state index is 4.51. The summed E-state index contributed by atoms with van der Waals surface area (Å²) in [6.07, 6.45) is 8.52. The molecular formula is C18H23N3. The fourth-order valence-electron chi connectivity index (χ4n) is 3.31. The molecule has 0 radical (unpaired) electrons. The Bertz CT molecular complexity index is 652. The van der Waals surface area contributed by atoms with Gasteiger partial charge < -0.3 is 9.88 Å². The zero-order chi connectivity index (χ0) is 14.2. The first kappa shape index (κ1) is 13.1. The zero-order valence-electron chi connectivity index (χ0n) is 12.7. The van der Waals surface area contributed by atoms with Crippen LogP contribution >= 0.6 is 0 Å². The van der Waals surface area contributed by atoms with Crippen molar-refractivity contribution in [2.75, 3.05) is 0 Å². The van der Waals surface area contributed by atoms with Gasteiger partial charge in [-0.05, 0) is 55.7 Å². The molecule has 0 saturated heterocycles. The summed E-state index contributed by atoms with van der Waals surface area (Å²) in [5, 5.41) is 3.59. The lowest BCUT2D eigenvalue weighted by molar-refractivity contribution is 0.626. The first-order chi connectivity index (χ1) is 10.3. The number of hydrogen-bond donors (Lipinski definition) is 1. The SMILES string of the molecule is Cc1ncc(CNC2CC2)n1Cc1ccc2c(c1)CCC2. The summed E-state index contributed by atoms with van der Waals surface area (Å²) < 4.78 is 2.35. The normalized spacial score (nSPS) is 17.2. The average Bonchev–Trinajstić information content (AvgIpc) is 3.10. The number of aryl methyl sites for hydroxylation is 3. The van der Waals surface area contributed by atoms with Crippen LogP contribution < -0.4 is 5.32 Å². The Hall–Kier alpha value is -1.61. The minimum atomic E-state index is 0.744. The number of nitrogens with zero attached hydrogens (tertiary/aromatic N) is 2. The Morgan fingerprint density at radius 2 is 2.10 bits per heavy atom. The van der Waals surface area contributed by atoms with E-state index >= 15 is 0 Å². The van der Waals surface area contributed by atoms with E-state index in [1.807, 2.05) is 6.20 Å². The molecule has 0 bridgehead atoms. The summed E-state index contributed by atoms with van der Waals surface area (Å²) in [6, 6.07) is 7.77. The van der Waals surface area contributed by atoms with Crippen molar-refractivity contribution in [2.45, 2.75) is 58.2 Å². The molecular weight excluding hydrogens is 258 g/mol. The monoisotopic (exact) mass is 281 g/mol. The van der Waals surface area contributed by atoms with Gasteiger partial charge in [-0.1, -0.05) is 18.2 Å². The van der Waals surface area contributed by atoms with Crippen molar-refractivity contribution in [3.8, 4) is 0 Å². The molecule has 2 aliphatic carbocycles. The fourth-order valence-corrected chi connectivity index (χ4v) is 3.31. The van der Waals surface area contributed by atoms with Gasteiger partial charge in [-0.15, -0.1) is 0 Å². The molecule has 1 heterocycles. The second kappa shape index (κ2) is 5.30. The van der Waals surface area contributed by atoms with Gasteiger partial charge in [0.25, 0.3) is 0 Å². The molecule has 1 fully saturated rings. The van der Waals surface area contributed by atoms with Crippen LogP contribution in [0.2, 0.25) is 0 Å². The summed E-state index contributed by atoms with van der Waals surface area (Å²) in [5.41, 5.74) is 5.82. The van der Waals surface area contributed by atoms with Gasteiger partial charge in [0.1, 0.15) is 5.82 Å². The smallest absolute Gasteiger partial charge is 0.106 e. The molecule has 1 aromatic heterocycles. The van der Waals surface area contributed by atoms with Gasteiger partial charge >= 0.3 is 0 Å². The van der Waals surface area contributed by atoms with E-state index in [1.165, 1.54) is 43.4 Å². The third-order valence-electron chi connectivity index (χ3n) is 4.79. The topological polar surface area (TPSA) is 29.9 Å². The maximum Gasteiger partial charge on any atom is 0.106 e. The predicted octanol–water partition coefficient (Wildman–Crippen LogP) is 2.98. The molecule has 3 nitrogen and oxygen atoms in total. The lowest BCUT2D eigenvalue weighted by Gasteiger charge is -2.12. The van der Waals surface area contributed by atoms with Crippen LogP contribution in [0.4, 0.5) is 0 Å². The van der Waals surface area contributed by atoms with E-state index in [4.69, 9.17) is 0 Å². The van der Waals surface area contributed by atoms with Crippen LogP contribution in [0.15, 0.2) is 24.4 Å². The second-order valence-electron chi connectivity index (χ2n) is 6.49. The van der Waals surface area contributed by atoms with Gasteiger partial charge in [0, 0.05) is 25.3 Å². The molecule has 0 aliphatic heterocycles. The Kier molecular flexibility index (Phi) is 3.30. The number of nitrogens with one attached hydrogen (secondary N) is 1. The largest absolute Gasteiger partial charge is 0.327 e. The molecule has 2 aliphatic rings. The maximum absolute atomic E-state index is 4.51. The van der Waals surface area contributed by atoms with Crippen molar-refractivity contribution >= 4 is 0 Å². The van der Waals surface area contributed by atoms with Crippen molar-refractivity contribution in [1.29, 1.82) is 0 Å². The molecule has 110 valence electrons. The number of hydrogen-bond acceptors (Lipinski definition) is 2. The lowest BCUT2D eigenvalue weighted by Crippen LogP contribution is -2.18. The van der Waals surface area contributed by atoms with Gasteiger partial charge in [-0.3, -0.25) is 0 Å². The van der Waals surface area contributed by atoms with Gasteiger partial charge in [-0.25, -0.2) is 4.98 Å². The molecule has 0 unspecified atom stereocenters. The highest BCUT2D eigenvalue weighted by molar-refractivity contribution is 5.35. The van der Waals surface area contributed by atoms with Crippen molar-refractivity contribution in [3.63, 3.8) is 0 Å². The molecule has 1 saturated carbocycles. The van der Waals surface area contributed by atoms with Crippen molar-refractivity contribution in [3.05, 3.63) is 52.6 Å². The standard InChI is InChI=1S/C18H23N3/c1-13-19-10-18(11-20-17-7-8-17)21(13)12-14-5-6-15-3-2-4-16(15)9-14/h5-6,9-10,17,20H,2-4,7-8,11-12H2,1H3. The van der Waals surface area contributed by atoms with Crippen LogP contribution in [-0.2, 0) is 25.9 Å². The van der Waals surface area contributed by atoms with Gasteiger partial charge in [0.15, 0.2) is 0 Å². The summed E-state index contributed by atoms with van der Waals surface area (Å²) in [5.74, 6) is 1.11. The highest BCUT2D eigenvalue weighted by Crippen LogP contribution is 2.24. The number of aromatic nitrogens is 2. The number of imidazole rings is 1. The van der Waals surface area contributed by atoms with E-state index in [0.29, 0.717) is 0 Å². The van der Waals surface area contributed by atoms with Crippen LogP contribution in [0.3, 0.4) is 0 Å². The van der Waals surface area contributed by atoms with Crippen LogP contribution in [0.25, 0.3) is 0 Å². The quantitative estimate of drug-likeness (QED) is 0.913. The van der Waals surface area contributed by atoms with Gasteiger partial charge in [0.05, 0.1) is 5.69 Å². The van der Waals surface area contributed by atoms with Crippen molar-refractivity contribution in [1.82, 2.24) is 14.9 Å². The van der Waals surface area contributed by atoms with E-state index < -0.39 is 0 Å². The van der Waals surface area contributed by atoms with Crippen LogP contribution in [0, 0.1) is 6.92 Å².